The number of carbonyl (C=O) groups excluding carboxylic acids is 2. The van der Waals surface area contributed by atoms with Crippen LogP contribution in [0.25, 0.3) is 0 Å². The van der Waals surface area contributed by atoms with Gasteiger partial charge in [0.2, 0.25) is 0 Å². The van der Waals surface area contributed by atoms with Gasteiger partial charge in [0, 0.05) is 22.2 Å². The Morgan fingerprint density at radius 2 is 1.70 bits per heavy atom. The number of methoxy groups -OCH3 is 1. The lowest BCUT2D eigenvalue weighted by atomic mass is 10.5. The first-order valence-electron chi connectivity index (χ1n) is 8.74. The first kappa shape index (κ1) is 26.9. The molecule has 0 atom stereocenters. The second-order valence-electron chi connectivity index (χ2n) is 5.37. The van der Waals surface area contributed by atoms with Gasteiger partial charge in [-0.3, -0.25) is 9.59 Å². The molecule has 0 fully saturated rings. The van der Waals surface area contributed by atoms with Crippen LogP contribution in [0.4, 0.5) is 0 Å². The molecule has 0 aliphatic carbocycles. The van der Waals surface area contributed by atoms with E-state index in [9.17, 15) is 9.59 Å². The maximum atomic E-state index is 11.3. The van der Waals surface area contributed by atoms with Crippen LogP contribution in [0, 0.1) is 0 Å². The van der Waals surface area contributed by atoms with Crippen molar-refractivity contribution in [1.29, 1.82) is 0 Å². The highest BCUT2D eigenvalue weighted by Gasteiger charge is 2.23. The predicted molar refractivity (Wildman–Crippen MR) is 146 cm³/mol. The van der Waals surface area contributed by atoms with E-state index in [0.717, 1.165) is 23.7 Å². The molecule has 0 amide bonds. The maximum Gasteiger partial charge on any atom is 0.306 e. The van der Waals surface area contributed by atoms with Crippen LogP contribution in [0.2, 0.25) is 0 Å². The number of allylic oxidation sites excluding steroid dienone is 2. The van der Waals surface area contributed by atoms with Gasteiger partial charge in [0.15, 0.2) is 0 Å². The molecule has 2 heterocycles. The van der Waals surface area contributed by atoms with Crippen molar-refractivity contribution in [2.45, 2.75) is 12.8 Å². The summed E-state index contributed by atoms with van der Waals surface area (Å²) in [6.07, 6.45) is 7.70. The Labute approximate surface area is 213 Å². The highest BCUT2D eigenvalue weighted by Crippen LogP contribution is 2.58. The van der Waals surface area contributed by atoms with Crippen molar-refractivity contribution in [1.82, 2.24) is 0 Å². The third-order valence-corrected chi connectivity index (χ3v) is 13.2. The molecule has 12 heteroatoms. The van der Waals surface area contributed by atoms with Crippen LogP contribution in [0.1, 0.15) is 12.8 Å². The van der Waals surface area contributed by atoms with Crippen molar-refractivity contribution in [3.05, 3.63) is 38.2 Å². The second kappa shape index (κ2) is 15.5. The van der Waals surface area contributed by atoms with Crippen molar-refractivity contribution < 1.29 is 19.1 Å². The zero-order valence-corrected chi connectivity index (χ0v) is 23.0. The molecule has 2 aliphatic rings. The molecule has 0 radical (unpaired) electrons. The number of rotatable bonds is 13. The van der Waals surface area contributed by atoms with Crippen molar-refractivity contribution in [2.75, 3.05) is 37.2 Å². The Morgan fingerprint density at radius 3 is 2.37 bits per heavy atom. The highest BCUT2D eigenvalue weighted by atomic mass is 32.3. The van der Waals surface area contributed by atoms with Gasteiger partial charge in [-0.15, -0.1) is 35.3 Å². The third kappa shape index (κ3) is 9.29. The Balaban J connectivity index is 1.86. The number of hydrogen-bond acceptors (Lipinski definition) is 12. The van der Waals surface area contributed by atoms with Gasteiger partial charge in [0.05, 0.1) is 41.3 Å². The average molecular weight is 559 g/mol. The quantitative estimate of drug-likeness (QED) is 0.112. The number of hydrogen-bond donors (Lipinski definition) is 1. The molecular formula is C18H22O4S8. The van der Waals surface area contributed by atoms with E-state index in [1.807, 2.05) is 0 Å². The van der Waals surface area contributed by atoms with E-state index in [1.165, 1.54) is 33.2 Å². The van der Waals surface area contributed by atoms with E-state index in [1.54, 1.807) is 82.3 Å². The molecule has 0 N–H and O–H groups in total. The molecule has 0 aromatic rings. The molecule has 2 rings (SSSR count). The van der Waals surface area contributed by atoms with Crippen LogP contribution in [-0.4, -0.2) is 49.7 Å². The van der Waals surface area contributed by atoms with E-state index in [2.05, 4.69) is 31.0 Å². The number of ether oxygens (including phenoxy) is 2. The lowest BCUT2D eigenvalue weighted by Crippen LogP contribution is -2.00. The predicted octanol–water partition coefficient (Wildman–Crippen LogP) is 6.81. The van der Waals surface area contributed by atoms with Gasteiger partial charge in [0.1, 0.15) is 0 Å². The molecule has 30 heavy (non-hydrogen) atoms. The first-order valence-corrected chi connectivity index (χ1v) is 15.8. The van der Waals surface area contributed by atoms with E-state index < -0.39 is 0 Å². The topological polar surface area (TPSA) is 52.6 Å². The molecule has 4 nitrogen and oxygen atoms in total. The SMILES string of the molecule is COC(=O)CCSC1=C(SC)SC(=CC=C2SC(CS)=C(SCCCOC=O)S2)S1. The van der Waals surface area contributed by atoms with Gasteiger partial charge in [0.25, 0.3) is 6.47 Å². The fraction of sp³-hybridized carbons (Fsp3) is 0.444. The zero-order chi connectivity index (χ0) is 21.8. The molecule has 0 saturated carbocycles. The molecule has 0 aromatic carbocycles. The van der Waals surface area contributed by atoms with Gasteiger partial charge in [-0.2, -0.15) is 12.6 Å². The smallest absolute Gasteiger partial charge is 0.306 e. The summed E-state index contributed by atoms with van der Waals surface area (Å²) in [6, 6.07) is 0. The molecular weight excluding hydrogens is 537 g/mol. The van der Waals surface area contributed by atoms with Crippen LogP contribution in [0.15, 0.2) is 38.2 Å². The van der Waals surface area contributed by atoms with Gasteiger partial charge >= 0.3 is 5.97 Å². The van der Waals surface area contributed by atoms with Crippen LogP contribution in [-0.2, 0) is 19.1 Å². The van der Waals surface area contributed by atoms with E-state index in [-0.39, 0.29) is 5.97 Å². The minimum absolute atomic E-state index is 0.169. The largest absolute Gasteiger partial charge is 0.469 e. The summed E-state index contributed by atoms with van der Waals surface area (Å²) in [7, 11) is 1.42. The van der Waals surface area contributed by atoms with E-state index in [4.69, 9.17) is 9.47 Å². The second-order valence-corrected chi connectivity index (χ2v) is 14.3. The number of thiol groups is 1. The number of esters is 1. The third-order valence-electron chi connectivity index (χ3n) is 3.36. The minimum atomic E-state index is -0.169. The average Bonchev–Trinajstić information content (AvgIpc) is 3.35. The highest BCUT2D eigenvalue weighted by molar-refractivity contribution is 8.40. The summed E-state index contributed by atoms with van der Waals surface area (Å²) in [4.78, 5) is 22.8. The summed E-state index contributed by atoms with van der Waals surface area (Å²) in [6.45, 7) is 0.961. The molecule has 0 aromatic heterocycles. The molecule has 0 spiro atoms. The standard InChI is InChI=1S/C18H22O4S8/c1-21-13(20)6-9-26-18-17(24-2)29-15(30-18)5-4-14-27-12(10-23)16(28-14)25-8-3-7-22-11-19/h4-5,11,23H,3,6-10H2,1-2H3. The van der Waals surface area contributed by atoms with Crippen LogP contribution in [0.3, 0.4) is 0 Å². The van der Waals surface area contributed by atoms with Crippen molar-refractivity contribution in [2.24, 2.45) is 0 Å². The monoisotopic (exact) mass is 558 g/mol. The van der Waals surface area contributed by atoms with E-state index in [0.29, 0.717) is 19.5 Å². The fourth-order valence-corrected chi connectivity index (χ4v) is 11.7. The summed E-state index contributed by atoms with van der Waals surface area (Å²) < 4.78 is 15.8. The molecule has 0 saturated heterocycles. The fourth-order valence-electron chi connectivity index (χ4n) is 2.00. The summed E-state index contributed by atoms with van der Waals surface area (Å²) >= 11 is 16.8. The van der Waals surface area contributed by atoms with Gasteiger partial charge in [-0.05, 0) is 24.8 Å². The number of carbonyl (C=O) groups is 2. The summed E-state index contributed by atoms with van der Waals surface area (Å²) in [5, 5.41) is 0. The lowest BCUT2D eigenvalue weighted by molar-refractivity contribution is -0.140. The Kier molecular flexibility index (Phi) is 13.9. The Morgan fingerprint density at radius 1 is 1.03 bits per heavy atom. The zero-order valence-electron chi connectivity index (χ0n) is 16.4. The summed E-state index contributed by atoms with van der Waals surface area (Å²) in [5.41, 5.74) is 0. The van der Waals surface area contributed by atoms with Gasteiger partial charge in [-0.1, -0.05) is 47.0 Å². The van der Waals surface area contributed by atoms with Crippen LogP contribution in [0.5, 0.6) is 0 Å². The van der Waals surface area contributed by atoms with Crippen molar-refractivity contribution in [3.8, 4) is 0 Å². The van der Waals surface area contributed by atoms with E-state index >= 15 is 0 Å². The molecule has 166 valence electrons. The minimum Gasteiger partial charge on any atom is -0.469 e. The normalized spacial score (nSPS) is 19.3. The van der Waals surface area contributed by atoms with Gasteiger partial charge in [-0.25, -0.2) is 0 Å². The summed E-state index contributed by atoms with van der Waals surface area (Å²) in [5.74, 6) is 2.20. The van der Waals surface area contributed by atoms with Crippen molar-refractivity contribution in [3.63, 3.8) is 0 Å². The molecule has 2 aliphatic heterocycles. The maximum absolute atomic E-state index is 11.3. The first-order chi connectivity index (χ1) is 14.6. The molecule has 0 bridgehead atoms. The Bertz CT molecular complexity index is 744. The van der Waals surface area contributed by atoms with Crippen molar-refractivity contribution >= 4 is 107 Å². The van der Waals surface area contributed by atoms with Crippen LogP contribution < -0.4 is 0 Å². The Hall–Kier alpha value is 0.700. The lowest BCUT2D eigenvalue weighted by Gasteiger charge is -2.02. The number of thioether (sulfide) groups is 7. The van der Waals surface area contributed by atoms with Gasteiger partial charge < -0.3 is 9.47 Å². The molecule has 0 unspecified atom stereocenters. The van der Waals surface area contributed by atoms with Crippen LogP contribution >= 0.6 is 95.0 Å².